The van der Waals surface area contributed by atoms with E-state index in [1.54, 1.807) is 0 Å². The summed E-state index contributed by atoms with van der Waals surface area (Å²) < 4.78 is 6.01. The Hall–Kier alpha value is -2.18. The highest BCUT2D eigenvalue weighted by Gasteiger charge is 2.29. The number of fused-ring (bicyclic) bond motifs is 1. The molecule has 4 rings (SSSR count). The number of H-pyrrole nitrogens is 1. The molecule has 0 saturated carbocycles. The van der Waals surface area contributed by atoms with Crippen LogP contribution in [0, 0.1) is 5.92 Å². The minimum Gasteiger partial charge on any atom is -0.373 e. The molecular formula is C19H24N4O2. The highest BCUT2D eigenvalue weighted by atomic mass is 16.5. The number of aromatic nitrogens is 2. The third-order valence-electron chi connectivity index (χ3n) is 5.12. The molecule has 132 valence electrons. The Morgan fingerprint density at radius 3 is 3.08 bits per heavy atom. The molecule has 3 N–H and O–H groups in total. The van der Waals surface area contributed by atoms with Gasteiger partial charge in [-0.25, -0.2) is 0 Å². The minimum absolute atomic E-state index is 0.0463. The van der Waals surface area contributed by atoms with Gasteiger partial charge in [-0.3, -0.25) is 9.89 Å². The summed E-state index contributed by atoms with van der Waals surface area (Å²) in [4.78, 5) is 12.6. The van der Waals surface area contributed by atoms with E-state index < -0.39 is 0 Å². The molecule has 0 spiro atoms. The molecule has 1 aromatic carbocycles. The van der Waals surface area contributed by atoms with Crippen molar-refractivity contribution in [1.82, 2.24) is 20.8 Å². The largest absolute Gasteiger partial charge is 0.373 e. The number of amides is 1. The maximum atomic E-state index is 12.6. The van der Waals surface area contributed by atoms with Crippen molar-refractivity contribution in [3.63, 3.8) is 0 Å². The lowest BCUT2D eigenvalue weighted by atomic mass is 9.89. The van der Waals surface area contributed by atoms with Crippen LogP contribution in [0.15, 0.2) is 30.3 Å². The molecule has 2 atom stereocenters. The van der Waals surface area contributed by atoms with Gasteiger partial charge >= 0.3 is 0 Å². The van der Waals surface area contributed by atoms with Crippen LogP contribution in [0.3, 0.4) is 0 Å². The number of aromatic amines is 1. The molecule has 3 heterocycles. The van der Waals surface area contributed by atoms with Crippen molar-refractivity contribution in [2.24, 2.45) is 5.92 Å². The van der Waals surface area contributed by atoms with Gasteiger partial charge in [-0.2, -0.15) is 5.10 Å². The molecular weight excluding hydrogens is 316 g/mol. The van der Waals surface area contributed by atoms with Crippen LogP contribution < -0.4 is 10.6 Å². The second-order valence-electron chi connectivity index (χ2n) is 6.77. The second kappa shape index (κ2) is 7.37. The van der Waals surface area contributed by atoms with Gasteiger partial charge in [-0.1, -0.05) is 30.3 Å². The number of nitrogens with one attached hydrogen (secondary N) is 3. The maximum absolute atomic E-state index is 12.6. The highest BCUT2D eigenvalue weighted by Crippen LogP contribution is 2.33. The molecule has 1 saturated heterocycles. The van der Waals surface area contributed by atoms with Crippen molar-refractivity contribution < 1.29 is 9.53 Å². The average molecular weight is 340 g/mol. The molecule has 2 aromatic rings. The Morgan fingerprint density at radius 2 is 2.20 bits per heavy atom. The summed E-state index contributed by atoms with van der Waals surface area (Å²) in [6, 6.07) is 10.3. The standard InChI is InChI=1S/C19H24N4O2/c24-19(17-15-12-20-9-8-16(15)22-23-17)21-11-14-7-4-10-25-18(14)13-5-2-1-3-6-13/h1-3,5-6,14,18,20H,4,7-12H2,(H,21,24)(H,22,23). The number of hydrogen-bond donors (Lipinski definition) is 3. The molecule has 0 bridgehead atoms. The predicted molar refractivity (Wildman–Crippen MR) is 94.2 cm³/mol. The zero-order valence-electron chi connectivity index (χ0n) is 14.3. The van der Waals surface area contributed by atoms with E-state index in [2.05, 4.69) is 33.0 Å². The van der Waals surface area contributed by atoms with E-state index in [1.165, 1.54) is 5.56 Å². The highest BCUT2D eigenvalue weighted by molar-refractivity contribution is 5.94. The first-order valence-electron chi connectivity index (χ1n) is 9.04. The van der Waals surface area contributed by atoms with Crippen LogP contribution in [0.4, 0.5) is 0 Å². The lowest BCUT2D eigenvalue weighted by molar-refractivity contribution is -0.0272. The third-order valence-corrected chi connectivity index (χ3v) is 5.12. The van der Waals surface area contributed by atoms with Crippen molar-refractivity contribution in [3.05, 3.63) is 52.8 Å². The second-order valence-corrected chi connectivity index (χ2v) is 6.77. The number of hydrogen-bond acceptors (Lipinski definition) is 4. The lowest BCUT2D eigenvalue weighted by Crippen LogP contribution is -2.36. The molecule has 6 nitrogen and oxygen atoms in total. The zero-order chi connectivity index (χ0) is 17.1. The van der Waals surface area contributed by atoms with E-state index >= 15 is 0 Å². The normalized spacial score (nSPS) is 23.0. The Kier molecular flexibility index (Phi) is 4.81. The maximum Gasteiger partial charge on any atom is 0.272 e. The summed E-state index contributed by atoms with van der Waals surface area (Å²) in [5.41, 5.74) is 3.79. The molecule has 2 aliphatic heterocycles. The van der Waals surface area contributed by atoms with Gasteiger partial charge in [-0.05, 0) is 18.4 Å². The monoisotopic (exact) mass is 340 g/mol. The van der Waals surface area contributed by atoms with E-state index in [0.29, 0.717) is 18.8 Å². The van der Waals surface area contributed by atoms with Gasteiger partial charge in [0.2, 0.25) is 0 Å². The predicted octanol–water partition coefficient (Wildman–Crippen LogP) is 1.95. The molecule has 2 aliphatic rings. The summed E-state index contributed by atoms with van der Waals surface area (Å²) in [7, 11) is 0. The zero-order valence-corrected chi connectivity index (χ0v) is 14.3. The summed E-state index contributed by atoms with van der Waals surface area (Å²) >= 11 is 0. The van der Waals surface area contributed by atoms with Gasteiger partial charge in [0.15, 0.2) is 5.69 Å². The van der Waals surface area contributed by atoms with Crippen LogP contribution in [-0.4, -0.2) is 35.8 Å². The van der Waals surface area contributed by atoms with Crippen LogP contribution in [0.5, 0.6) is 0 Å². The molecule has 2 unspecified atom stereocenters. The van der Waals surface area contributed by atoms with Crippen LogP contribution >= 0.6 is 0 Å². The molecule has 1 fully saturated rings. The molecule has 25 heavy (non-hydrogen) atoms. The molecule has 6 heteroatoms. The Labute approximate surface area is 147 Å². The quantitative estimate of drug-likeness (QED) is 0.795. The van der Waals surface area contributed by atoms with Crippen molar-refractivity contribution in [1.29, 1.82) is 0 Å². The summed E-state index contributed by atoms with van der Waals surface area (Å²) in [5, 5.41) is 13.6. The first-order chi connectivity index (χ1) is 12.3. The topological polar surface area (TPSA) is 79.0 Å². The van der Waals surface area contributed by atoms with E-state index in [0.717, 1.165) is 43.7 Å². The Bertz CT molecular complexity index is 728. The first-order valence-corrected chi connectivity index (χ1v) is 9.04. The fraction of sp³-hybridized carbons (Fsp3) is 0.474. The van der Waals surface area contributed by atoms with E-state index in [-0.39, 0.29) is 17.9 Å². The van der Waals surface area contributed by atoms with Gasteiger partial charge in [0.1, 0.15) is 0 Å². The number of carbonyl (C=O) groups is 1. The number of rotatable bonds is 4. The van der Waals surface area contributed by atoms with E-state index in [1.807, 2.05) is 18.2 Å². The fourth-order valence-electron chi connectivity index (χ4n) is 3.78. The summed E-state index contributed by atoms with van der Waals surface area (Å²) in [6.45, 7) is 3.01. The molecule has 0 radical (unpaired) electrons. The summed E-state index contributed by atoms with van der Waals surface area (Å²) in [5.74, 6) is 0.187. The van der Waals surface area contributed by atoms with Crippen molar-refractivity contribution in [3.8, 4) is 0 Å². The SMILES string of the molecule is O=C(NCC1CCCOC1c1ccccc1)c1n[nH]c2c1CNCC2. The average Bonchev–Trinajstić information content (AvgIpc) is 3.11. The van der Waals surface area contributed by atoms with Crippen molar-refractivity contribution >= 4 is 5.91 Å². The third kappa shape index (κ3) is 3.45. The molecule has 1 aromatic heterocycles. The number of benzene rings is 1. The Morgan fingerprint density at radius 1 is 1.32 bits per heavy atom. The van der Waals surface area contributed by atoms with Gasteiger partial charge in [0.25, 0.3) is 5.91 Å². The fourth-order valence-corrected chi connectivity index (χ4v) is 3.78. The van der Waals surface area contributed by atoms with E-state index in [9.17, 15) is 4.79 Å². The molecule has 0 aliphatic carbocycles. The number of ether oxygens (including phenoxy) is 1. The van der Waals surface area contributed by atoms with Gasteiger partial charge in [0.05, 0.1) is 6.10 Å². The molecule has 1 amide bonds. The minimum atomic E-state index is -0.0985. The first kappa shape index (κ1) is 16.3. The van der Waals surface area contributed by atoms with Crippen LogP contribution in [0.25, 0.3) is 0 Å². The van der Waals surface area contributed by atoms with Gasteiger partial charge in [0, 0.05) is 49.8 Å². The van der Waals surface area contributed by atoms with Crippen molar-refractivity contribution in [2.45, 2.75) is 31.9 Å². The Balaban J connectivity index is 1.43. The van der Waals surface area contributed by atoms with Crippen LogP contribution in [-0.2, 0) is 17.7 Å². The smallest absolute Gasteiger partial charge is 0.272 e. The number of carbonyl (C=O) groups excluding carboxylic acids is 1. The van der Waals surface area contributed by atoms with Gasteiger partial charge in [-0.15, -0.1) is 0 Å². The summed E-state index contributed by atoms with van der Waals surface area (Å²) in [6.07, 6.45) is 3.03. The van der Waals surface area contributed by atoms with Crippen LogP contribution in [0.1, 0.15) is 46.3 Å². The lowest BCUT2D eigenvalue weighted by Gasteiger charge is -2.32. The van der Waals surface area contributed by atoms with Gasteiger partial charge < -0.3 is 15.4 Å². The van der Waals surface area contributed by atoms with E-state index in [4.69, 9.17) is 4.74 Å². The van der Waals surface area contributed by atoms with Crippen LogP contribution in [0.2, 0.25) is 0 Å². The van der Waals surface area contributed by atoms with Crippen molar-refractivity contribution in [2.75, 3.05) is 19.7 Å². The number of nitrogens with zero attached hydrogens (tertiary/aromatic N) is 1.